The molecule has 1 aromatic heterocycles. The van der Waals surface area contributed by atoms with E-state index in [1.807, 2.05) is 18.2 Å². The van der Waals surface area contributed by atoms with Crippen molar-refractivity contribution in [2.75, 3.05) is 11.9 Å². The fourth-order valence-corrected chi connectivity index (χ4v) is 2.55. The highest BCUT2D eigenvalue weighted by Crippen LogP contribution is 2.29. The first-order chi connectivity index (χ1) is 9.11. The van der Waals surface area contributed by atoms with E-state index in [9.17, 15) is 0 Å². The Morgan fingerprint density at radius 2 is 2.21 bits per heavy atom. The summed E-state index contributed by atoms with van der Waals surface area (Å²) >= 11 is 11.9. The summed E-state index contributed by atoms with van der Waals surface area (Å²) in [6, 6.07) is 5.66. The Morgan fingerprint density at radius 1 is 1.42 bits per heavy atom. The van der Waals surface area contributed by atoms with Gasteiger partial charge in [0.05, 0.1) is 8.59 Å². The van der Waals surface area contributed by atoms with Crippen LogP contribution >= 0.6 is 50.1 Å². The molecule has 2 rings (SSSR count). The number of halogens is 3. The molecule has 0 bridgehead atoms. The third kappa shape index (κ3) is 3.79. The van der Waals surface area contributed by atoms with Gasteiger partial charge in [0.25, 0.3) is 0 Å². The number of rotatable bonds is 4. The van der Waals surface area contributed by atoms with E-state index in [0.29, 0.717) is 10.8 Å². The molecule has 1 aromatic carbocycles. The van der Waals surface area contributed by atoms with E-state index in [1.165, 1.54) is 0 Å². The lowest BCUT2D eigenvalue weighted by atomic mass is 10.2. The van der Waals surface area contributed by atoms with E-state index in [4.69, 9.17) is 11.6 Å². The second-order valence-corrected chi connectivity index (χ2v) is 6.43. The first-order valence-electron chi connectivity index (χ1n) is 5.83. The lowest BCUT2D eigenvalue weighted by Gasteiger charge is -2.09. The van der Waals surface area contributed by atoms with Gasteiger partial charge in [0.15, 0.2) is 5.82 Å². The molecule has 0 aliphatic heterocycles. The average molecular weight is 453 g/mol. The summed E-state index contributed by atoms with van der Waals surface area (Å²) < 4.78 is 1.96. The van der Waals surface area contributed by atoms with Gasteiger partial charge in [-0.25, -0.2) is 9.97 Å². The minimum absolute atomic E-state index is 0.630. The van der Waals surface area contributed by atoms with Gasteiger partial charge in [-0.3, -0.25) is 0 Å². The van der Waals surface area contributed by atoms with Gasteiger partial charge in [0.2, 0.25) is 0 Å². The highest BCUT2D eigenvalue weighted by Gasteiger charge is 2.10. The topological polar surface area (TPSA) is 37.8 Å². The monoisotopic (exact) mass is 451 g/mol. The Balaban J connectivity index is 2.42. The Kier molecular flexibility index (Phi) is 5.41. The van der Waals surface area contributed by atoms with Crippen molar-refractivity contribution >= 4 is 55.9 Å². The Hall–Kier alpha value is -0.400. The van der Waals surface area contributed by atoms with Crippen LogP contribution in [0.3, 0.4) is 0 Å². The molecule has 0 saturated carbocycles. The van der Waals surface area contributed by atoms with E-state index in [0.717, 1.165) is 32.4 Å². The van der Waals surface area contributed by atoms with Crippen molar-refractivity contribution < 1.29 is 0 Å². The summed E-state index contributed by atoms with van der Waals surface area (Å²) in [4.78, 5) is 8.90. The van der Waals surface area contributed by atoms with Gasteiger partial charge in [-0.05, 0) is 47.2 Å². The fraction of sp³-hybridized carbons (Fsp3) is 0.231. The van der Waals surface area contributed by atoms with Crippen LogP contribution in [-0.2, 0) is 0 Å². The van der Waals surface area contributed by atoms with Crippen LogP contribution in [0.2, 0.25) is 5.02 Å². The zero-order valence-electron chi connectivity index (χ0n) is 10.3. The minimum Gasteiger partial charge on any atom is -0.369 e. The molecule has 0 spiro atoms. The second-order valence-electron chi connectivity index (χ2n) is 3.94. The maximum Gasteiger partial charge on any atom is 0.163 e. The zero-order chi connectivity index (χ0) is 13.8. The lowest BCUT2D eigenvalue weighted by molar-refractivity contribution is 0.963. The Bertz CT molecular complexity index is 592. The smallest absolute Gasteiger partial charge is 0.163 e. The zero-order valence-corrected chi connectivity index (χ0v) is 14.8. The Labute approximate surface area is 139 Å². The Morgan fingerprint density at radius 3 is 2.95 bits per heavy atom. The molecule has 0 radical (unpaired) electrons. The molecule has 3 nitrogen and oxygen atoms in total. The first kappa shape index (κ1) is 15.0. The molecule has 0 fully saturated rings. The first-order valence-corrected chi connectivity index (χ1v) is 8.08. The summed E-state index contributed by atoms with van der Waals surface area (Å²) in [6.07, 6.45) is 2.85. The third-order valence-electron chi connectivity index (χ3n) is 2.46. The highest BCUT2D eigenvalue weighted by molar-refractivity contribution is 14.1. The van der Waals surface area contributed by atoms with E-state index >= 15 is 0 Å². The number of hydrogen-bond acceptors (Lipinski definition) is 3. The van der Waals surface area contributed by atoms with Crippen molar-refractivity contribution in [3.05, 3.63) is 37.5 Å². The van der Waals surface area contributed by atoms with Crippen molar-refractivity contribution in [3.8, 4) is 11.4 Å². The van der Waals surface area contributed by atoms with Crippen LogP contribution in [-0.4, -0.2) is 16.5 Å². The molecular weight excluding hydrogens is 440 g/mol. The number of anilines is 1. The fourth-order valence-electron chi connectivity index (χ4n) is 1.53. The van der Waals surface area contributed by atoms with Gasteiger partial charge < -0.3 is 5.32 Å². The van der Waals surface area contributed by atoms with Gasteiger partial charge in [-0.1, -0.05) is 34.5 Å². The molecule has 0 saturated heterocycles. The molecule has 0 aliphatic carbocycles. The van der Waals surface area contributed by atoms with Crippen molar-refractivity contribution in [3.63, 3.8) is 0 Å². The molecule has 1 N–H and O–H groups in total. The van der Waals surface area contributed by atoms with Crippen LogP contribution in [0.15, 0.2) is 28.9 Å². The molecule has 6 heteroatoms. The van der Waals surface area contributed by atoms with Crippen LogP contribution < -0.4 is 5.32 Å². The quantitative estimate of drug-likeness (QED) is 0.665. The number of benzene rings is 1. The standard InChI is InChI=1S/C13H12BrClIN3/c1-2-5-17-13-11(16)7-18-12(19-13)9-6-8(14)3-4-10(9)15/h3-4,6-7H,2,5H2,1H3,(H,17,18,19). The second kappa shape index (κ2) is 6.85. The molecule has 0 amide bonds. The van der Waals surface area contributed by atoms with Crippen molar-refractivity contribution in [2.24, 2.45) is 0 Å². The number of hydrogen-bond donors (Lipinski definition) is 1. The SMILES string of the molecule is CCCNc1nc(-c2cc(Br)ccc2Cl)ncc1I. The van der Waals surface area contributed by atoms with Crippen molar-refractivity contribution in [1.29, 1.82) is 0 Å². The van der Waals surface area contributed by atoms with Crippen LogP contribution in [0.1, 0.15) is 13.3 Å². The lowest BCUT2D eigenvalue weighted by Crippen LogP contribution is -2.05. The molecule has 0 aliphatic rings. The normalized spacial score (nSPS) is 10.5. The minimum atomic E-state index is 0.630. The van der Waals surface area contributed by atoms with Crippen molar-refractivity contribution in [2.45, 2.75) is 13.3 Å². The van der Waals surface area contributed by atoms with E-state index < -0.39 is 0 Å². The predicted molar refractivity (Wildman–Crippen MR) is 91.7 cm³/mol. The maximum atomic E-state index is 6.20. The molecule has 2 aromatic rings. The van der Waals surface area contributed by atoms with Gasteiger partial charge in [-0.2, -0.15) is 0 Å². The molecular formula is C13H12BrClIN3. The maximum absolute atomic E-state index is 6.20. The summed E-state index contributed by atoms with van der Waals surface area (Å²) in [7, 11) is 0. The summed E-state index contributed by atoms with van der Waals surface area (Å²) in [5.74, 6) is 1.48. The van der Waals surface area contributed by atoms with Gasteiger partial charge in [0.1, 0.15) is 5.82 Å². The van der Waals surface area contributed by atoms with Crippen LogP contribution in [0.5, 0.6) is 0 Å². The molecule has 0 atom stereocenters. The number of aromatic nitrogens is 2. The van der Waals surface area contributed by atoms with E-state index in [-0.39, 0.29) is 0 Å². The summed E-state index contributed by atoms with van der Waals surface area (Å²) in [5, 5.41) is 3.94. The van der Waals surface area contributed by atoms with Crippen molar-refractivity contribution in [1.82, 2.24) is 9.97 Å². The number of nitrogens with one attached hydrogen (secondary N) is 1. The average Bonchev–Trinajstić information content (AvgIpc) is 2.41. The van der Waals surface area contributed by atoms with Gasteiger partial charge in [0, 0.05) is 22.8 Å². The highest BCUT2D eigenvalue weighted by atomic mass is 127. The number of nitrogens with zero attached hydrogens (tertiary/aromatic N) is 2. The van der Waals surface area contributed by atoms with E-state index in [1.54, 1.807) is 6.20 Å². The molecule has 19 heavy (non-hydrogen) atoms. The molecule has 100 valence electrons. The molecule has 1 heterocycles. The van der Waals surface area contributed by atoms with Crippen LogP contribution in [0.25, 0.3) is 11.4 Å². The van der Waals surface area contributed by atoms with Gasteiger partial charge in [-0.15, -0.1) is 0 Å². The largest absolute Gasteiger partial charge is 0.369 e. The summed E-state index contributed by atoms with van der Waals surface area (Å²) in [5.41, 5.74) is 0.826. The predicted octanol–water partition coefficient (Wildman–Crippen LogP) is 4.99. The van der Waals surface area contributed by atoms with Crippen LogP contribution in [0.4, 0.5) is 5.82 Å². The van der Waals surface area contributed by atoms with E-state index in [2.05, 4.69) is 60.7 Å². The summed E-state index contributed by atoms with van der Waals surface area (Å²) in [6.45, 7) is 3.01. The van der Waals surface area contributed by atoms with Gasteiger partial charge >= 0.3 is 0 Å². The molecule has 0 unspecified atom stereocenters. The third-order valence-corrected chi connectivity index (χ3v) is 4.07. The van der Waals surface area contributed by atoms with Crippen LogP contribution in [0, 0.1) is 3.57 Å².